The minimum absolute atomic E-state index is 0. The summed E-state index contributed by atoms with van der Waals surface area (Å²) in [7, 11) is 1.26. The number of thiazole rings is 1. The fourth-order valence-corrected chi connectivity index (χ4v) is 5.41. The van der Waals surface area contributed by atoms with E-state index >= 15 is 0 Å². The standard InChI is InChI=1S/C18H17N5O7S2.Na/c1-29-22-11(9-6-32-18(19)20-9)14(25)21-12-15(26)23-13(17(27)28)7(5-31-16(12)23)4-8-2-3-10(24)30-8;/h2-3,6,8,12,16H,4-5H2,1H3,(H2,19,20)(H,21,25)(H,27,28);/q;+1/p-1/b22-11+;/t8?,12-,16-;/m1./s1. The van der Waals surface area contributed by atoms with Crippen molar-refractivity contribution in [3.05, 3.63) is 34.5 Å². The normalized spacial score (nSPS) is 24.0. The Kier molecular flexibility index (Phi) is 7.84. The van der Waals surface area contributed by atoms with Crippen molar-refractivity contribution in [1.29, 1.82) is 0 Å². The van der Waals surface area contributed by atoms with E-state index in [9.17, 15) is 24.3 Å². The van der Waals surface area contributed by atoms with Crippen LogP contribution in [0.1, 0.15) is 12.1 Å². The molecule has 0 spiro atoms. The molecule has 1 aromatic rings. The van der Waals surface area contributed by atoms with Crippen molar-refractivity contribution in [1.82, 2.24) is 15.2 Å². The second-order valence-electron chi connectivity index (χ2n) is 6.83. The number of carboxylic acid groups (broad SMARTS) is 1. The molecule has 3 aliphatic rings. The van der Waals surface area contributed by atoms with E-state index in [0.29, 0.717) is 5.57 Å². The fraction of sp³-hybridized carbons (Fsp3) is 0.333. The third-order valence-corrected chi connectivity index (χ3v) is 6.86. The van der Waals surface area contributed by atoms with Crippen molar-refractivity contribution in [3.8, 4) is 0 Å². The molecule has 1 aromatic heterocycles. The summed E-state index contributed by atoms with van der Waals surface area (Å²) in [6.07, 6.45) is 2.32. The number of carbonyl (C=O) groups is 4. The third kappa shape index (κ3) is 4.94. The van der Waals surface area contributed by atoms with Crippen LogP contribution >= 0.6 is 23.1 Å². The Morgan fingerprint density at radius 1 is 1.45 bits per heavy atom. The molecule has 3 aliphatic heterocycles. The second-order valence-corrected chi connectivity index (χ2v) is 8.83. The van der Waals surface area contributed by atoms with Crippen molar-refractivity contribution >= 4 is 57.7 Å². The number of aliphatic carboxylic acids is 1. The van der Waals surface area contributed by atoms with Gasteiger partial charge in [0.1, 0.15) is 30.3 Å². The molecule has 3 atom stereocenters. The Morgan fingerprint density at radius 2 is 2.21 bits per heavy atom. The summed E-state index contributed by atoms with van der Waals surface area (Å²) in [4.78, 5) is 58.3. The molecule has 0 bridgehead atoms. The zero-order valence-corrected chi connectivity index (χ0v) is 21.1. The molecule has 3 N–H and O–H groups in total. The number of nitrogens with one attached hydrogen (secondary N) is 1. The van der Waals surface area contributed by atoms with Gasteiger partial charge in [-0.1, -0.05) is 5.16 Å². The zero-order valence-electron chi connectivity index (χ0n) is 17.5. The summed E-state index contributed by atoms with van der Waals surface area (Å²) in [6, 6.07) is -0.981. The van der Waals surface area contributed by atoms with Gasteiger partial charge in [-0.15, -0.1) is 23.1 Å². The van der Waals surface area contributed by atoms with E-state index in [1.165, 1.54) is 36.4 Å². The minimum Gasteiger partial charge on any atom is -0.543 e. The van der Waals surface area contributed by atoms with Crippen LogP contribution in [0.5, 0.6) is 0 Å². The van der Waals surface area contributed by atoms with Gasteiger partial charge in [-0.2, -0.15) is 0 Å². The molecule has 15 heteroatoms. The maximum absolute atomic E-state index is 12.8. The average molecular weight is 501 g/mol. The van der Waals surface area contributed by atoms with E-state index in [4.69, 9.17) is 15.3 Å². The maximum atomic E-state index is 12.8. The van der Waals surface area contributed by atoms with Crippen molar-refractivity contribution in [2.75, 3.05) is 18.6 Å². The Hall–Kier alpha value is -2.39. The van der Waals surface area contributed by atoms with Crippen LogP contribution in [-0.4, -0.2) is 69.7 Å². The average Bonchev–Trinajstić information content (AvgIpc) is 3.37. The van der Waals surface area contributed by atoms with E-state index in [-0.39, 0.29) is 64.0 Å². The number of hydrogen-bond donors (Lipinski definition) is 2. The van der Waals surface area contributed by atoms with E-state index in [1.54, 1.807) is 0 Å². The van der Waals surface area contributed by atoms with E-state index in [1.807, 2.05) is 0 Å². The van der Waals surface area contributed by atoms with Gasteiger partial charge in [-0.25, -0.2) is 9.78 Å². The molecule has 0 aromatic carbocycles. The molecule has 4 rings (SSSR count). The number of carbonyl (C=O) groups excluding carboxylic acids is 4. The van der Waals surface area contributed by atoms with Crippen molar-refractivity contribution in [2.24, 2.45) is 5.16 Å². The number of anilines is 1. The molecule has 0 saturated carbocycles. The molecular formula is C18H16N5NaO7S2. The molecular weight excluding hydrogens is 485 g/mol. The van der Waals surface area contributed by atoms with Gasteiger partial charge in [0.2, 0.25) is 0 Å². The van der Waals surface area contributed by atoms with Crippen molar-refractivity contribution < 1.29 is 63.4 Å². The van der Waals surface area contributed by atoms with E-state index < -0.39 is 41.3 Å². The molecule has 0 aliphatic carbocycles. The number of hydrogen-bond acceptors (Lipinski definition) is 12. The van der Waals surface area contributed by atoms with E-state index in [0.717, 1.165) is 16.2 Å². The number of thioether (sulfide) groups is 1. The first-order valence-corrected chi connectivity index (χ1v) is 11.1. The number of cyclic esters (lactones) is 1. The van der Waals surface area contributed by atoms with Gasteiger partial charge in [0.25, 0.3) is 11.8 Å². The van der Waals surface area contributed by atoms with Gasteiger partial charge >= 0.3 is 35.5 Å². The number of nitrogens with two attached hydrogens (primary N) is 1. The fourth-order valence-electron chi connectivity index (χ4n) is 3.50. The molecule has 1 fully saturated rings. The summed E-state index contributed by atoms with van der Waals surface area (Å²) < 4.78 is 5.06. The predicted octanol–water partition coefficient (Wildman–Crippen LogP) is -4.64. The third-order valence-electron chi connectivity index (χ3n) is 4.85. The number of aromatic nitrogens is 1. The van der Waals surface area contributed by atoms with Gasteiger partial charge in [-0.05, 0) is 11.6 Å². The van der Waals surface area contributed by atoms with Crippen LogP contribution in [0.3, 0.4) is 0 Å². The number of rotatable bonds is 7. The summed E-state index contributed by atoms with van der Waals surface area (Å²) in [6.45, 7) is 0. The van der Waals surface area contributed by atoms with Crippen LogP contribution in [0, 0.1) is 0 Å². The second kappa shape index (κ2) is 10.3. The predicted molar refractivity (Wildman–Crippen MR) is 111 cm³/mol. The van der Waals surface area contributed by atoms with Crippen LogP contribution < -0.4 is 45.7 Å². The molecule has 1 unspecified atom stereocenters. The molecule has 0 radical (unpaired) electrons. The first-order valence-electron chi connectivity index (χ1n) is 9.20. The summed E-state index contributed by atoms with van der Waals surface area (Å²) in [5, 5.41) is 19.1. The Labute approximate surface area is 217 Å². The van der Waals surface area contributed by atoms with Crippen LogP contribution in [0.25, 0.3) is 0 Å². The first kappa shape index (κ1) is 25.2. The largest absolute Gasteiger partial charge is 1.00 e. The summed E-state index contributed by atoms with van der Waals surface area (Å²) in [5.74, 6) is -3.10. The molecule has 2 amide bonds. The Bertz CT molecular complexity index is 1100. The molecule has 4 heterocycles. The van der Waals surface area contributed by atoms with Crippen molar-refractivity contribution in [3.63, 3.8) is 0 Å². The summed E-state index contributed by atoms with van der Waals surface area (Å²) in [5.41, 5.74) is 5.76. The Balaban J connectivity index is 0.00000306. The minimum atomic E-state index is -1.52. The van der Waals surface area contributed by atoms with Gasteiger partial charge < -0.3 is 30.5 Å². The monoisotopic (exact) mass is 501 g/mol. The van der Waals surface area contributed by atoms with Gasteiger partial charge in [0, 0.05) is 23.6 Å². The van der Waals surface area contributed by atoms with Crippen LogP contribution in [-0.2, 0) is 28.8 Å². The quantitative estimate of drug-likeness (QED) is 0.121. The SMILES string of the molecule is CO/N=C(/C(=O)N[C@@H]1C(=O)N2C(C(=O)[O-])=C(CC3C=CC(=O)O3)CS[C@H]12)c1csc(N)n1.[Na+]. The zero-order chi connectivity index (χ0) is 23.0. The smallest absolute Gasteiger partial charge is 0.543 e. The van der Waals surface area contributed by atoms with Crippen molar-refractivity contribution in [2.45, 2.75) is 23.9 Å². The number of ether oxygens (including phenoxy) is 1. The first-order chi connectivity index (χ1) is 15.3. The van der Waals surface area contributed by atoms with Crippen LogP contribution in [0.4, 0.5) is 5.13 Å². The van der Waals surface area contributed by atoms with E-state index in [2.05, 4.69) is 15.5 Å². The number of esters is 1. The van der Waals surface area contributed by atoms with Crippen LogP contribution in [0.2, 0.25) is 0 Å². The van der Waals surface area contributed by atoms with Gasteiger partial charge in [-0.3, -0.25) is 14.5 Å². The maximum Gasteiger partial charge on any atom is 1.00 e. The van der Waals surface area contributed by atoms with Gasteiger partial charge in [0.05, 0.1) is 11.7 Å². The topological polar surface area (TPSA) is 176 Å². The van der Waals surface area contributed by atoms with Gasteiger partial charge in [0.15, 0.2) is 10.8 Å². The number of amides is 2. The number of fused-ring (bicyclic) bond motifs is 1. The molecule has 33 heavy (non-hydrogen) atoms. The molecule has 168 valence electrons. The number of nitrogens with zero attached hydrogens (tertiary/aromatic N) is 3. The summed E-state index contributed by atoms with van der Waals surface area (Å²) >= 11 is 2.38. The Morgan fingerprint density at radius 3 is 2.79 bits per heavy atom. The molecule has 12 nitrogen and oxygen atoms in total. The number of β-lactam (4-membered cyclic amide) rings is 1. The van der Waals surface area contributed by atoms with Crippen LogP contribution in [0.15, 0.2) is 34.0 Å². The number of oxime groups is 1. The molecule has 1 saturated heterocycles. The number of carboxylic acids is 1. The number of nitrogen functional groups attached to an aromatic ring is 1.